The number of hydrogen-bond donors (Lipinski definition) is 0. The third-order valence-corrected chi connectivity index (χ3v) is 5.26. The Morgan fingerprint density at radius 2 is 1.70 bits per heavy atom. The van der Waals surface area contributed by atoms with E-state index in [0.717, 1.165) is 27.6 Å². The Kier molecular flexibility index (Phi) is 5.59. The van der Waals surface area contributed by atoms with E-state index in [1.165, 1.54) is 5.56 Å². The van der Waals surface area contributed by atoms with Crippen LogP contribution in [0.25, 0.3) is 0 Å². The van der Waals surface area contributed by atoms with Crippen LogP contribution in [0.2, 0.25) is 0 Å². The lowest BCUT2D eigenvalue weighted by Crippen LogP contribution is -2.05. The molecule has 1 aromatic carbocycles. The average molecular weight is 373 g/mol. The van der Waals surface area contributed by atoms with Crippen LogP contribution in [0.4, 0.5) is 0 Å². The highest BCUT2D eigenvalue weighted by molar-refractivity contribution is 7.99. The van der Waals surface area contributed by atoms with E-state index in [1.54, 1.807) is 30.2 Å². The van der Waals surface area contributed by atoms with Gasteiger partial charge in [0.25, 0.3) is 0 Å². The van der Waals surface area contributed by atoms with Gasteiger partial charge < -0.3 is 0 Å². The maximum absolute atomic E-state index is 9.25. The molecule has 0 bridgehead atoms. The fourth-order valence-electron chi connectivity index (χ4n) is 2.83. The van der Waals surface area contributed by atoms with Crippen LogP contribution in [-0.4, -0.2) is 14.8 Å². The minimum Gasteiger partial charge on any atom is -0.265 e. The number of nitrogens with zero attached hydrogens (tertiary/aromatic N) is 5. The van der Waals surface area contributed by atoms with Gasteiger partial charge in [-0.2, -0.15) is 15.6 Å². The van der Waals surface area contributed by atoms with Crippen LogP contribution in [0.3, 0.4) is 0 Å². The van der Waals surface area contributed by atoms with E-state index in [1.807, 2.05) is 35.9 Å². The SMILES string of the molecule is Cc1nn(C(C)C)c(Sc2cc(C#N)cc(C#N)c2)c1Cc1ccncc1. The van der Waals surface area contributed by atoms with Crippen molar-refractivity contribution in [3.05, 3.63) is 70.7 Å². The van der Waals surface area contributed by atoms with Crippen molar-refractivity contribution >= 4 is 11.8 Å². The Morgan fingerprint density at radius 1 is 1.07 bits per heavy atom. The molecule has 0 atom stereocenters. The Balaban J connectivity index is 2.06. The van der Waals surface area contributed by atoms with Crippen LogP contribution < -0.4 is 0 Å². The van der Waals surface area contributed by atoms with Crippen LogP contribution in [0.15, 0.2) is 52.6 Å². The smallest absolute Gasteiger partial charge is 0.103 e. The van der Waals surface area contributed by atoms with E-state index in [-0.39, 0.29) is 6.04 Å². The van der Waals surface area contributed by atoms with Crippen molar-refractivity contribution in [2.75, 3.05) is 0 Å². The summed E-state index contributed by atoms with van der Waals surface area (Å²) in [7, 11) is 0. The quantitative estimate of drug-likeness (QED) is 0.650. The third kappa shape index (κ3) is 4.19. The van der Waals surface area contributed by atoms with Gasteiger partial charge in [-0.15, -0.1) is 0 Å². The standard InChI is InChI=1S/C21H19N5S/c1-14(2)26-21(27-19-9-17(12-22)8-18(10-19)13-23)20(15(3)25-26)11-16-4-6-24-7-5-16/h4-10,14H,11H2,1-3H3. The van der Waals surface area contributed by atoms with Gasteiger partial charge in [0.05, 0.1) is 29.0 Å². The van der Waals surface area contributed by atoms with E-state index < -0.39 is 0 Å². The summed E-state index contributed by atoms with van der Waals surface area (Å²) >= 11 is 1.55. The van der Waals surface area contributed by atoms with Crippen LogP contribution in [-0.2, 0) is 6.42 Å². The Bertz CT molecular complexity index is 1010. The van der Waals surface area contributed by atoms with Gasteiger partial charge >= 0.3 is 0 Å². The van der Waals surface area contributed by atoms with Crippen molar-refractivity contribution in [1.82, 2.24) is 14.8 Å². The summed E-state index contributed by atoms with van der Waals surface area (Å²) in [5.41, 5.74) is 4.28. The molecule has 0 saturated carbocycles. The second-order valence-electron chi connectivity index (χ2n) is 6.51. The lowest BCUT2D eigenvalue weighted by atomic mass is 10.1. The molecule has 0 aliphatic heterocycles. The molecule has 0 unspecified atom stereocenters. The summed E-state index contributed by atoms with van der Waals surface area (Å²) in [5, 5.41) is 24.3. The molecule has 134 valence electrons. The lowest BCUT2D eigenvalue weighted by Gasteiger charge is -2.13. The van der Waals surface area contributed by atoms with E-state index in [4.69, 9.17) is 5.10 Å². The van der Waals surface area contributed by atoms with Crippen molar-refractivity contribution in [2.24, 2.45) is 0 Å². The first-order chi connectivity index (χ1) is 13.0. The van der Waals surface area contributed by atoms with E-state index >= 15 is 0 Å². The van der Waals surface area contributed by atoms with Gasteiger partial charge in [0.1, 0.15) is 5.03 Å². The summed E-state index contributed by atoms with van der Waals surface area (Å²) in [4.78, 5) is 4.95. The van der Waals surface area contributed by atoms with Crippen molar-refractivity contribution in [3.63, 3.8) is 0 Å². The fraction of sp³-hybridized carbons (Fsp3) is 0.238. The summed E-state index contributed by atoms with van der Waals surface area (Å²) in [6.07, 6.45) is 4.34. The number of benzene rings is 1. The number of rotatable bonds is 5. The third-order valence-electron chi connectivity index (χ3n) is 4.16. The van der Waals surface area contributed by atoms with Crippen LogP contribution in [0, 0.1) is 29.6 Å². The van der Waals surface area contributed by atoms with Gasteiger partial charge in [0, 0.05) is 35.3 Å². The number of nitriles is 2. The molecule has 6 heteroatoms. The number of pyridine rings is 1. The first-order valence-corrected chi connectivity index (χ1v) is 9.43. The van der Waals surface area contributed by atoms with E-state index in [0.29, 0.717) is 11.1 Å². The highest BCUT2D eigenvalue weighted by atomic mass is 32.2. The normalized spacial score (nSPS) is 10.6. The van der Waals surface area contributed by atoms with Gasteiger partial charge in [-0.25, -0.2) is 0 Å². The monoisotopic (exact) mass is 373 g/mol. The first kappa shape index (κ1) is 18.7. The second-order valence-corrected chi connectivity index (χ2v) is 7.57. The Morgan fingerprint density at radius 3 is 2.26 bits per heavy atom. The van der Waals surface area contributed by atoms with Crippen molar-refractivity contribution in [2.45, 2.75) is 43.2 Å². The van der Waals surface area contributed by atoms with Gasteiger partial charge in [0.2, 0.25) is 0 Å². The lowest BCUT2D eigenvalue weighted by molar-refractivity contribution is 0.489. The van der Waals surface area contributed by atoms with Gasteiger partial charge in [-0.1, -0.05) is 11.8 Å². The molecule has 2 heterocycles. The topological polar surface area (TPSA) is 78.3 Å². The minimum atomic E-state index is 0.201. The maximum atomic E-state index is 9.25. The zero-order valence-corrected chi connectivity index (χ0v) is 16.3. The van der Waals surface area contributed by atoms with Crippen LogP contribution in [0.5, 0.6) is 0 Å². The van der Waals surface area contributed by atoms with E-state index in [9.17, 15) is 10.5 Å². The molecule has 0 saturated heterocycles. The maximum Gasteiger partial charge on any atom is 0.103 e. The largest absolute Gasteiger partial charge is 0.265 e. The van der Waals surface area contributed by atoms with Crippen LogP contribution in [0.1, 0.15) is 47.8 Å². The molecule has 5 nitrogen and oxygen atoms in total. The predicted octanol–water partition coefficient (Wildman–Crippen LogP) is 4.65. The summed E-state index contributed by atoms with van der Waals surface area (Å²) in [6, 6.07) is 13.7. The highest BCUT2D eigenvalue weighted by Crippen LogP contribution is 2.35. The molecule has 2 aromatic heterocycles. The van der Waals surface area contributed by atoms with Crippen LogP contribution >= 0.6 is 11.8 Å². The second kappa shape index (κ2) is 8.07. The number of aromatic nitrogens is 3. The molecule has 0 fully saturated rings. The van der Waals surface area contributed by atoms with E-state index in [2.05, 4.69) is 31.0 Å². The molecule has 3 aromatic rings. The molecule has 0 aliphatic rings. The molecule has 0 aliphatic carbocycles. The molecule has 27 heavy (non-hydrogen) atoms. The zero-order valence-electron chi connectivity index (χ0n) is 15.5. The summed E-state index contributed by atoms with van der Waals surface area (Å²) in [5.74, 6) is 0. The van der Waals surface area contributed by atoms with Gasteiger partial charge in [-0.3, -0.25) is 9.67 Å². The van der Waals surface area contributed by atoms with Gasteiger partial charge in [-0.05, 0) is 56.7 Å². The number of aryl methyl sites for hydroxylation is 1. The molecule has 0 N–H and O–H groups in total. The molecule has 0 spiro atoms. The molecular formula is C21H19N5S. The van der Waals surface area contributed by atoms with Crippen molar-refractivity contribution in [1.29, 1.82) is 10.5 Å². The minimum absolute atomic E-state index is 0.201. The summed E-state index contributed by atoms with van der Waals surface area (Å²) < 4.78 is 2.02. The average Bonchev–Trinajstić information content (AvgIpc) is 2.98. The zero-order chi connectivity index (χ0) is 19.4. The summed E-state index contributed by atoms with van der Waals surface area (Å²) in [6.45, 7) is 6.21. The Hall–Kier alpha value is -3.09. The fourth-order valence-corrected chi connectivity index (χ4v) is 4.11. The predicted molar refractivity (Wildman–Crippen MR) is 104 cm³/mol. The molecule has 0 amide bonds. The Labute approximate surface area is 163 Å². The number of hydrogen-bond acceptors (Lipinski definition) is 5. The molecule has 0 radical (unpaired) electrons. The highest BCUT2D eigenvalue weighted by Gasteiger charge is 2.19. The molecular weight excluding hydrogens is 354 g/mol. The van der Waals surface area contributed by atoms with Gasteiger partial charge in [0.15, 0.2) is 0 Å². The molecule has 3 rings (SSSR count). The van der Waals surface area contributed by atoms with Crippen molar-refractivity contribution in [3.8, 4) is 12.1 Å². The van der Waals surface area contributed by atoms with Crippen molar-refractivity contribution < 1.29 is 0 Å². The first-order valence-electron chi connectivity index (χ1n) is 8.62.